The largest absolute Gasteiger partial charge is 0.306 e. The molecule has 1 aromatic carbocycles. The van der Waals surface area contributed by atoms with Crippen LogP contribution in [0.15, 0.2) is 55.1 Å². The van der Waals surface area contributed by atoms with Crippen LogP contribution in [0.3, 0.4) is 0 Å². The summed E-state index contributed by atoms with van der Waals surface area (Å²) >= 11 is 0. The summed E-state index contributed by atoms with van der Waals surface area (Å²) in [4.78, 5) is 0. The summed E-state index contributed by atoms with van der Waals surface area (Å²) in [5.74, 6) is 0. The fourth-order valence-corrected chi connectivity index (χ4v) is 2.06. The van der Waals surface area contributed by atoms with Crippen LogP contribution in [0.5, 0.6) is 0 Å². The number of hydrogen-bond acceptors (Lipinski definition) is 3. The molecule has 0 spiro atoms. The molecule has 0 saturated carbocycles. The second kappa shape index (κ2) is 5.71. The van der Waals surface area contributed by atoms with Crippen LogP contribution < -0.4 is 5.32 Å². The Kier molecular flexibility index (Phi) is 3.60. The lowest BCUT2D eigenvalue weighted by atomic mass is 10.2. The maximum atomic E-state index is 4.39. The molecule has 3 rings (SSSR count). The molecule has 1 atom stereocenters. The van der Waals surface area contributed by atoms with Gasteiger partial charge in [0.1, 0.15) is 0 Å². The second-order valence-corrected chi connectivity index (χ2v) is 4.76. The average molecular weight is 267 g/mol. The van der Waals surface area contributed by atoms with Crippen molar-refractivity contribution in [3.63, 3.8) is 0 Å². The van der Waals surface area contributed by atoms with Gasteiger partial charge in [-0.2, -0.15) is 10.2 Å². The number of H-pyrrole nitrogens is 1. The third kappa shape index (κ3) is 2.78. The van der Waals surface area contributed by atoms with Crippen LogP contribution >= 0.6 is 0 Å². The highest BCUT2D eigenvalue weighted by atomic mass is 15.3. The molecule has 0 bridgehead atoms. The highest BCUT2D eigenvalue weighted by Crippen LogP contribution is 2.11. The van der Waals surface area contributed by atoms with E-state index in [0.29, 0.717) is 0 Å². The summed E-state index contributed by atoms with van der Waals surface area (Å²) in [5, 5.41) is 14.6. The van der Waals surface area contributed by atoms with Crippen LogP contribution in [0.4, 0.5) is 0 Å². The first kappa shape index (κ1) is 12.6. The van der Waals surface area contributed by atoms with Crippen LogP contribution in [0.1, 0.15) is 24.1 Å². The fraction of sp³-hybridized carbons (Fsp3) is 0.200. The lowest BCUT2D eigenvalue weighted by Crippen LogP contribution is -2.17. The van der Waals surface area contributed by atoms with Gasteiger partial charge in [0.25, 0.3) is 0 Å². The summed E-state index contributed by atoms with van der Waals surface area (Å²) in [5.41, 5.74) is 3.38. The molecule has 102 valence electrons. The highest BCUT2D eigenvalue weighted by Gasteiger charge is 2.07. The second-order valence-electron chi connectivity index (χ2n) is 4.76. The van der Waals surface area contributed by atoms with E-state index < -0.39 is 0 Å². The maximum absolute atomic E-state index is 4.39. The molecule has 0 amide bonds. The van der Waals surface area contributed by atoms with Gasteiger partial charge in [-0.15, -0.1) is 0 Å². The lowest BCUT2D eigenvalue weighted by molar-refractivity contribution is 0.575. The van der Waals surface area contributed by atoms with E-state index in [9.17, 15) is 0 Å². The molecule has 3 aromatic rings. The summed E-state index contributed by atoms with van der Waals surface area (Å²) in [6, 6.07) is 10.4. The molecule has 20 heavy (non-hydrogen) atoms. The molecule has 0 saturated heterocycles. The normalized spacial score (nSPS) is 12.4. The van der Waals surface area contributed by atoms with Crippen LogP contribution in [-0.2, 0) is 6.54 Å². The Morgan fingerprint density at radius 3 is 2.85 bits per heavy atom. The van der Waals surface area contributed by atoms with Crippen molar-refractivity contribution in [2.45, 2.75) is 19.5 Å². The number of benzene rings is 1. The zero-order valence-electron chi connectivity index (χ0n) is 11.3. The van der Waals surface area contributed by atoms with Gasteiger partial charge in [0.2, 0.25) is 0 Å². The van der Waals surface area contributed by atoms with Crippen molar-refractivity contribution in [3.05, 3.63) is 66.2 Å². The Morgan fingerprint density at radius 2 is 2.10 bits per heavy atom. The van der Waals surface area contributed by atoms with Crippen molar-refractivity contribution in [1.82, 2.24) is 25.3 Å². The van der Waals surface area contributed by atoms with E-state index in [-0.39, 0.29) is 6.04 Å². The number of nitrogens with one attached hydrogen (secondary N) is 2. The maximum Gasteiger partial charge on any atom is 0.0645 e. The van der Waals surface area contributed by atoms with Gasteiger partial charge in [-0.05, 0) is 19.1 Å². The third-order valence-electron chi connectivity index (χ3n) is 3.29. The Morgan fingerprint density at radius 1 is 1.25 bits per heavy atom. The van der Waals surface area contributed by atoms with Crippen molar-refractivity contribution in [3.8, 4) is 5.69 Å². The highest BCUT2D eigenvalue weighted by molar-refractivity contribution is 5.30. The number of nitrogens with zero attached hydrogens (tertiary/aromatic N) is 3. The third-order valence-corrected chi connectivity index (χ3v) is 3.29. The van der Waals surface area contributed by atoms with E-state index in [1.54, 1.807) is 0 Å². The molecular weight excluding hydrogens is 250 g/mol. The van der Waals surface area contributed by atoms with Gasteiger partial charge in [0.05, 0.1) is 18.1 Å². The molecule has 5 nitrogen and oxygen atoms in total. The minimum Gasteiger partial charge on any atom is -0.306 e. The summed E-state index contributed by atoms with van der Waals surface area (Å²) < 4.78 is 1.89. The van der Waals surface area contributed by atoms with Gasteiger partial charge < -0.3 is 5.32 Å². The number of rotatable bonds is 5. The molecule has 0 aliphatic carbocycles. The van der Waals surface area contributed by atoms with E-state index >= 15 is 0 Å². The Bertz CT molecular complexity index is 642. The van der Waals surface area contributed by atoms with Crippen molar-refractivity contribution < 1.29 is 0 Å². The Hall–Kier alpha value is -2.40. The zero-order chi connectivity index (χ0) is 13.8. The van der Waals surface area contributed by atoms with Crippen LogP contribution in [0.2, 0.25) is 0 Å². The van der Waals surface area contributed by atoms with E-state index in [0.717, 1.165) is 23.4 Å². The van der Waals surface area contributed by atoms with Crippen LogP contribution in [-0.4, -0.2) is 20.0 Å². The first-order valence-corrected chi connectivity index (χ1v) is 6.64. The lowest BCUT2D eigenvalue weighted by Gasteiger charge is -2.10. The number of aromatic nitrogens is 4. The molecule has 2 N–H and O–H groups in total. The predicted octanol–water partition coefficient (Wildman–Crippen LogP) is 2.45. The van der Waals surface area contributed by atoms with Crippen molar-refractivity contribution in [2.24, 2.45) is 0 Å². The SMILES string of the molecule is CC(NCc1cnn(-c2ccccc2)c1)c1cn[nH]c1. The monoisotopic (exact) mass is 267 g/mol. The topological polar surface area (TPSA) is 58.5 Å². The fourth-order valence-electron chi connectivity index (χ4n) is 2.06. The van der Waals surface area contributed by atoms with Crippen LogP contribution in [0, 0.1) is 0 Å². The molecule has 2 heterocycles. The standard InChI is InChI=1S/C15H17N5/c1-12(14-9-17-18-10-14)16-7-13-8-19-20(11-13)15-5-3-2-4-6-15/h2-6,8-12,16H,7H2,1H3,(H,17,18). The summed E-state index contributed by atoms with van der Waals surface area (Å²) in [6.07, 6.45) is 7.68. The number of para-hydroxylation sites is 1. The average Bonchev–Trinajstić information content (AvgIpc) is 3.17. The van der Waals surface area contributed by atoms with Gasteiger partial charge in [-0.25, -0.2) is 4.68 Å². The van der Waals surface area contributed by atoms with Crippen molar-refractivity contribution in [2.75, 3.05) is 0 Å². The van der Waals surface area contributed by atoms with Crippen molar-refractivity contribution >= 4 is 0 Å². The first-order chi connectivity index (χ1) is 9.83. The van der Waals surface area contributed by atoms with Crippen molar-refractivity contribution in [1.29, 1.82) is 0 Å². The molecule has 1 unspecified atom stereocenters. The minimum atomic E-state index is 0.258. The Balaban J connectivity index is 1.63. The molecule has 0 aliphatic rings. The zero-order valence-corrected chi connectivity index (χ0v) is 11.3. The molecule has 0 fully saturated rings. The molecular formula is C15H17N5. The molecule has 5 heteroatoms. The summed E-state index contributed by atoms with van der Waals surface area (Å²) in [7, 11) is 0. The van der Waals surface area contributed by atoms with Gasteiger partial charge in [0, 0.05) is 36.1 Å². The smallest absolute Gasteiger partial charge is 0.0645 e. The van der Waals surface area contributed by atoms with E-state index in [1.807, 2.05) is 59.8 Å². The quantitative estimate of drug-likeness (QED) is 0.746. The Labute approximate surface area is 117 Å². The van der Waals surface area contributed by atoms with E-state index in [1.165, 1.54) is 0 Å². The van der Waals surface area contributed by atoms with E-state index in [2.05, 4.69) is 27.5 Å². The predicted molar refractivity (Wildman–Crippen MR) is 77.4 cm³/mol. The summed E-state index contributed by atoms with van der Waals surface area (Å²) in [6.45, 7) is 2.89. The minimum absolute atomic E-state index is 0.258. The van der Waals surface area contributed by atoms with Gasteiger partial charge in [-0.1, -0.05) is 18.2 Å². The van der Waals surface area contributed by atoms with E-state index in [4.69, 9.17) is 0 Å². The van der Waals surface area contributed by atoms with Gasteiger partial charge >= 0.3 is 0 Å². The van der Waals surface area contributed by atoms with Crippen LogP contribution in [0.25, 0.3) is 5.69 Å². The first-order valence-electron chi connectivity index (χ1n) is 6.64. The van der Waals surface area contributed by atoms with Gasteiger partial charge in [-0.3, -0.25) is 5.10 Å². The molecule has 0 radical (unpaired) electrons. The molecule has 2 aromatic heterocycles. The number of aromatic amines is 1. The van der Waals surface area contributed by atoms with Gasteiger partial charge in [0.15, 0.2) is 0 Å². The molecule has 0 aliphatic heterocycles. The number of hydrogen-bond donors (Lipinski definition) is 2.